The molecule has 1 aliphatic heterocycles. The maximum Gasteiger partial charge on any atom is 0.321 e. The lowest BCUT2D eigenvalue weighted by Crippen LogP contribution is -2.72. The van der Waals surface area contributed by atoms with Gasteiger partial charge >= 0.3 is 6.03 Å². The summed E-state index contributed by atoms with van der Waals surface area (Å²) in [4.78, 5) is 23.6. The van der Waals surface area contributed by atoms with Crippen LogP contribution in [0.1, 0.15) is 32.1 Å². The minimum atomic E-state index is -0.284. The van der Waals surface area contributed by atoms with Crippen molar-refractivity contribution < 1.29 is 9.59 Å². The summed E-state index contributed by atoms with van der Waals surface area (Å²) in [7, 11) is 0. The highest BCUT2D eigenvalue weighted by Crippen LogP contribution is 2.60. The summed E-state index contributed by atoms with van der Waals surface area (Å²) in [5.41, 5.74) is -0.247. The second-order valence-electron chi connectivity index (χ2n) is 6.17. The molecule has 1 spiro atoms. The first-order valence-corrected chi connectivity index (χ1v) is 6.29. The smallest absolute Gasteiger partial charge is 0.321 e. The van der Waals surface area contributed by atoms with E-state index in [9.17, 15) is 9.59 Å². The fourth-order valence-corrected chi connectivity index (χ4v) is 5.03. The van der Waals surface area contributed by atoms with Crippen molar-refractivity contribution in [2.24, 2.45) is 23.2 Å². The van der Waals surface area contributed by atoms with Crippen LogP contribution in [0.15, 0.2) is 0 Å². The van der Waals surface area contributed by atoms with Crippen LogP contribution in [0.3, 0.4) is 0 Å². The van der Waals surface area contributed by atoms with Crippen molar-refractivity contribution in [2.75, 3.05) is 0 Å². The first-order valence-electron chi connectivity index (χ1n) is 6.29. The van der Waals surface area contributed by atoms with E-state index in [2.05, 4.69) is 10.6 Å². The second kappa shape index (κ2) is 2.60. The van der Waals surface area contributed by atoms with Gasteiger partial charge in [-0.25, -0.2) is 4.79 Å². The molecule has 5 rings (SSSR count). The number of hydrogen-bond acceptors (Lipinski definition) is 2. The third-order valence-corrected chi connectivity index (χ3v) is 5.28. The molecule has 0 aromatic heterocycles. The van der Waals surface area contributed by atoms with Crippen LogP contribution in [-0.4, -0.2) is 18.0 Å². The molecule has 1 saturated heterocycles. The zero-order chi connectivity index (χ0) is 10.9. The largest absolute Gasteiger partial charge is 0.334 e. The van der Waals surface area contributed by atoms with Gasteiger partial charge in [0.15, 0.2) is 0 Å². The summed E-state index contributed by atoms with van der Waals surface area (Å²) in [6, 6.07) is -0.158. The van der Waals surface area contributed by atoms with Crippen LogP contribution < -0.4 is 10.6 Å². The average molecular weight is 220 g/mol. The fourth-order valence-electron chi connectivity index (χ4n) is 5.03. The molecule has 5 fully saturated rings. The molecule has 16 heavy (non-hydrogen) atoms. The molecule has 0 aromatic rings. The van der Waals surface area contributed by atoms with Gasteiger partial charge in [-0.15, -0.1) is 0 Å². The minimum Gasteiger partial charge on any atom is -0.334 e. The lowest BCUT2D eigenvalue weighted by molar-refractivity contribution is -0.153. The second-order valence-corrected chi connectivity index (χ2v) is 6.17. The maximum atomic E-state index is 12.2. The van der Waals surface area contributed by atoms with Crippen molar-refractivity contribution in [3.05, 3.63) is 0 Å². The van der Waals surface area contributed by atoms with Gasteiger partial charge in [0, 0.05) is 6.04 Å². The number of amides is 3. The molecule has 4 aliphatic carbocycles. The number of carbonyl (C=O) groups excluding carboxylic acids is 2. The molecule has 1 heterocycles. The Hall–Kier alpha value is -1.06. The zero-order valence-corrected chi connectivity index (χ0v) is 9.16. The molecule has 4 nitrogen and oxygen atoms in total. The molecule has 4 bridgehead atoms. The summed E-state index contributed by atoms with van der Waals surface area (Å²) in [5.74, 6) is 2.02. The Bertz CT molecular complexity index is 378. The minimum absolute atomic E-state index is 0.000324. The Morgan fingerprint density at radius 1 is 1.06 bits per heavy atom. The van der Waals surface area contributed by atoms with Crippen LogP contribution >= 0.6 is 0 Å². The molecular weight excluding hydrogens is 204 g/mol. The molecule has 3 amide bonds. The third kappa shape index (κ3) is 0.913. The summed E-state index contributed by atoms with van der Waals surface area (Å²) in [6.45, 7) is 0. The lowest BCUT2D eigenvalue weighted by Gasteiger charge is -2.61. The first kappa shape index (κ1) is 9.02. The molecule has 0 radical (unpaired) electrons. The molecule has 0 aromatic carbocycles. The number of rotatable bonds is 0. The predicted octanol–water partition coefficient (Wildman–Crippen LogP) is 1.02. The molecule has 5 aliphatic rings. The van der Waals surface area contributed by atoms with Crippen molar-refractivity contribution >= 4 is 11.9 Å². The third-order valence-electron chi connectivity index (χ3n) is 5.28. The topological polar surface area (TPSA) is 58.2 Å². The molecule has 4 heteroatoms. The van der Waals surface area contributed by atoms with Crippen LogP contribution in [0.2, 0.25) is 0 Å². The Morgan fingerprint density at radius 2 is 1.75 bits per heavy atom. The predicted molar refractivity (Wildman–Crippen MR) is 56.5 cm³/mol. The van der Waals surface area contributed by atoms with Gasteiger partial charge in [0.2, 0.25) is 5.91 Å². The van der Waals surface area contributed by atoms with Crippen molar-refractivity contribution in [2.45, 2.75) is 38.1 Å². The van der Waals surface area contributed by atoms with Gasteiger partial charge in [-0.2, -0.15) is 0 Å². The molecular formula is C12H16N2O2. The van der Waals surface area contributed by atoms with E-state index >= 15 is 0 Å². The van der Waals surface area contributed by atoms with Gasteiger partial charge in [-0.3, -0.25) is 10.1 Å². The van der Waals surface area contributed by atoms with Crippen LogP contribution in [0.5, 0.6) is 0 Å². The maximum absolute atomic E-state index is 12.2. The van der Waals surface area contributed by atoms with Gasteiger partial charge in [-0.05, 0) is 49.9 Å². The van der Waals surface area contributed by atoms with Crippen LogP contribution in [-0.2, 0) is 4.79 Å². The van der Waals surface area contributed by atoms with Crippen molar-refractivity contribution in [1.29, 1.82) is 0 Å². The SMILES string of the molecule is O=C1NC(=O)C23CC4CC(CC(C4)C2N1)C3. The van der Waals surface area contributed by atoms with E-state index in [1.807, 2.05) is 0 Å². The van der Waals surface area contributed by atoms with Gasteiger partial charge in [0.05, 0.1) is 5.41 Å². The molecule has 3 atom stereocenters. The van der Waals surface area contributed by atoms with Crippen LogP contribution in [0, 0.1) is 23.2 Å². The highest BCUT2D eigenvalue weighted by Gasteiger charge is 2.62. The Labute approximate surface area is 94.2 Å². The summed E-state index contributed by atoms with van der Waals surface area (Å²) in [6.07, 6.45) is 5.74. The number of carbonyl (C=O) groups is 2. The lowest BCUT2D eigenvalue weighted by atomic mass is 9.46. The number of imide groups is 1. The molecule has 3 unspecified atom stereocenters. The van der Waals surface area contributed by atoms with E-state index in [0.717, 1.165) is 24.7 Å². The van der Waals surface area contributed by atoms with Gasteiger partial charge in [-0.1, -0.05) is 0 Å². The van der Waals surface area contributed by atoms with E-state index in [1.54, 1.807) is 0 Å². The van der Waals surface area contributed by atoms with Crippen LogP contribution in [0.25, 0.3) is 0 Å². The molecule has 86 valence electrons. The van der Waals surface area contributed by atoms with Crippen molar-refractivity contribution in [1.82, 2.24) is 10.6 Å². The quantitative estimate of drug-likeness (QED) is 0.640. The van der Waals surface area contributed by atoms with E-state index < -0.39 is 0 Å². The molecule has 4 saturated carbocycles. The van der Waals surface area contributed by atoms with E-state index in [1.165, 1.54) is 19.3 Å². The Morgan fingerprint density at radius 3 is 2.44 bits per heavy atom. The highest BCUT2D eigenvalue weighted by atomic mass is 16.2. The normalized spacial score (nSPS) is 53.2. The van der Waals surface area contributed by atoms with Gasteiger partial charge in [0.1, 0.15) is 0 Å². The number of hydrogen-bond donors (Lipinski definition) is 2. The van der Waals surface area contributed by atoms with Crippen molar-refractivity contribution in [3.63, 3.8) is 0 Å². The van der Waals surface area contributed by atoms with Crippen LogP contribution in [0.4, 0.5) is 4.79 Å². The number of nitrogens with one attached hydrogen (secondary N) is 2. The molecule has 2 N–H and O–H groups in total. The van der Waals surface area contributed by atoms with E-state index in [-0.39, 0.29) is 23.4 Å². The van der Waals surface area contributed by atoms with Crippen molar-refractivity contribution in [3.8, 4) is 0 Å². The summed E-state index contributed by atoms with van der Waals surface area (Å²) in [5, 5.41) is 5.49. The standard InChI is InChI=1S/C12H16N2O2/c15-10-12-4-6-1-7(5-12)3-8(2-6)9(12)13-11(16)14-10/h6-9H,1-5H2,(H2,13,14,15,16). The summed E-state index contributed by atoms with van der Waals surface area (Å²) >= 11 is 0. The Kier molecular flexibility index (Phi) is 1.47. The van der Waals surface area contributed by atoms with Gasteiger partial charge < -0.3 is 5.32 Å². The number of urea groups is 1. The summed E-state index contributed by atoms with van der Waals surface area (Å²) < 4.78 is 0. The Balaban J connectivity index is 1.80. The first-order chi connectivity index (χ1) is 7.67. The average Bonchev–Trinajstić information content (AvgIpc) is 2.20. The van der Waals surface area contributed by atoms with E-state index in [0.29, 0.717) is 5.92 Å². The monoisotopic (exact) mass is 220 g/mol. The van der Waals surface area contributed by atoms with E-state index in [4.69, 9.17) is 0 Å². The highest BCUT2D eigenvalue weighted by molar-refractivity contribution is 6.01. The fraction of sp³-hybridized carbons (Fsp3) is 0.833. The van der Waals surface area contributed by atoms with Gasteiger partial charge in [0.25, 0.3) is 0 Å². The zero-order valence-electron chi connectivity index (χ0n) is 9.16.